The third kappa shape index (κ3) is 4.24. The molecule has 23 heavy (non-hydrogen) atoms. The van der Waals surface area contributed by atoms with Gasteiger partial charge in [-0.2, -0.15) is 0 Å². The maximum Gasteiger partial charge on any atom is 0.283 e. The largest absolute Gasteiger partial charge is 0.326 e. The second kappa shape index (κ2) is 7.33. The molecule has 1 N–H and O–H groups in total. The van der Waals surface area contributed by atoms with Crippen molar-refractivity contribution in [2.75, 3.05) is 24.0 Å². The summed E-state index contributed by atoms with van der Waals surface area (Å²) in [6.07, 6.45) is 2.97. The van der Waals surface area contributed by atoms with Gasteiger partial charge < -0.3 is 9.88 Å². The topological polar surface area (TPSA) is 83.1 Å². The third-order valence-electron chi connectivity index (χ3n) is 2.96. The Morgan fingerprint density at radius 1 is 1.57 bits per heavy atom. The molecule has 1 atom stereocenters. The number of hydrogen-bond donors (Lipinski definition) is 1. The number of hydrogen-bond acceptors (Lipinski definition) is 5. The number of amides is 1. The first-order valence-corrected chi connectivity index (χ1v) is 9.33. The van der Waals surface area contributed by atoms with Gasteiger partial charge in [0, 0.05) is 48.0 Å². The molecule has 6 nitrogen and oxygen atoms in total. The van der Waals surface area contributed by atoms with Gasteiger partial charge in [0.25, 0.3) is 5.56 Å². The molecular weight excluding hydrogens is 365 g/mol. The maximum atomic E-state index is 13.3. The first-order valence-electron chi connectivity index (χ1n) is 6.41. The summed E-state index contributed by atoms with van der Waals surface area (Å²) in [5.74, 6) is -0.910. The lowest BCUT2D eigenvalue weighted by Crippen LogP contribution is -2.26. The van der Waals surface area contributed by atoms with E-state index in [0.29, 0.717) is 15.6 Å². The summed E-state index contributed by atoms with van der Waals surface area (Å²) in [6, 6.07) is 1.06. The van der Waals surface area contributed by atoms with Gasteiger partial charge in [-0.15, -0.1) is 0 Å². The van der Waals surface area contributed by atoms with Gasteiger partial charge in [0.05, 0.1) is 0 Å². The number of pyridine rings is 1. The molecule has 0 radical (unpaired) electrons. The lowest BCUT2D eigenvalue weighted by molar-refractivity contribution is -0.117. The van der Waals surface area contributed by atoms with Crippen LogP contribution < -0.4 is 10.5 Å². The molecule has 10 heteroatoms. The quantitative estimate of drug-likeness (QED) is 0.864. The van der Waals surface area contributed by atoms with E-state index in [-0.39, 0.29) is 23.2 Å². The standard InChI is InChI=1S/C13H13ClFN3O3S2/c1-18(9(19)3-4-23(2)21)13-10(14)17-12(22-13)7-5-8(15)11(20)16-6-7/h5-6H,3-4H2,1-2H3,(H,16,20). The molecule has 0 aromatic carbocycles. The molecular formula is C13H13ClFN3O3S2. The van der Waals surface area contributed by atoms with Crippen molar-refractivity contribution in [1.82, 2.24) is 9.97 Å². The van der Waals surface area contributed by atoms with Crippen molar-refractivity contribution < 1.29 is 13.4 Å². The highest BCUT2D eigenvalue weighted by Gasteiger charge is 2.20. The number of thiazole rings is 1. The zero-order valence-corrected chi connectivity index (χ0v) is 14.6. The Morgan fingerprint density at radius 2 is 2.26 bits per heavy atom. The summed E-state index contributed by atoms with van der Waals surface area (Å²) in [4.78, 5) is 30.8. The Hall–Kier alpha value is -1.58. The molecule has 2 aromatic rings. The van der Waals surface area contributed by atoms with Crippen LogP contribution in [-0.4, -0.2) is 39.1 Å². The number of anilines is 1. The van der Waals surface area contributed by atoms with Crippen LogP contribution >= 0.6 is 22.9 Å². The summed E-state index contributed by atoms with van der Waals surface area (Å²) in [5, 5.41) is 0.879. The van der Waals surface area contributed by atoms with Crippen LogP contribution in [0.3, 0.4) is 0 Å². The monoisotopic (exact) mass is 377 g/mol. The SMILES string of the molecule is CN(C(=O)CCS(C)=O)c1sc(-c2c[nH]c(=O)c(F)c2)nc1Cl. The lowest BCUT2D eigenvalue weighted by atomic mass is 10.3. The van der Waals surface area contributed by atoms with E-state index in [9.17, 15) is 18.2 Å². The molecule has 0 aliphatic rings. The van der Waals surface area contributed by atoms with Gasteiger partial charge >= 0.3 is 0 Å². The molecule has 0 aliphatic heterocycles. The molecule has 0 spiro atoms. The van der Waals surface area contributed by atoms with Gasteiger partial charge in [-0.25, -0.2) is 9.37 Å². The Balaban J connectivity index is 2.26. The molecule has 0 aliphatic carbocycles. The van der Waals surface area contributed by atoms with Crippen molar-refractivity contribution >= 4 is 44.6 Å². The lowest BCUT2D eigenvalue weighted by Gasteiger charge is -2.14. The van der Waals surface area contributed by atoms with Gasteiger partial charge in [0.1, 0.15) is 10.0 Å². The van der Waals surface area contributed by atoms with E-state index < -0.39 is 22.2 Å². The highest BCUT2D eigenvalue weighted by Crippen LogP contribution is 2.37. The highest BCUT2D eigenvalue weighted by atomic mass is 35.5. The van der Waals surface area contributed by atoms with Crippen LogP contribution in [0.2, 0.25) is 5.15 Å². The molecule has 124 valence electrons. The fourth-order valence-corrected chi connectivity index (χ4v) is 3.48. The van der Waals surface area contributed by atoms with Crippen molar-refractivity contribution in [3.8, 4) is 10.6 Å². The summed E-state index contributed by atoms with van der Waals surface area (Å²) >= 11 is 7.14. The third-order valence-corrected chi connectivity index (χ3v) is 5.29. The molecule has 1 amide bonds. The van der Waals surface area contributed by atoms with Gasteiger partial charge in [0.2, 0.25) is 5.91 Å². The number of nitrogens with one attached hydrogen (secondary N) is 1. The average Bonchev–Trinajstić information content (AvgIpc) is 2.88. The average molecular weight is 378 g/mol. The van der Waals surface area contributed by atoms with E-state index in [1.165, 1.54) is 24.4 Å². The Kier molecular flexibility index (Phi) is 5.66. The Labute approximate surface area is 142 Å². The van der Waals surface area contributed by atoms with Gasteiger partial charge in [-0.1, -0.05) is 22.9 Å². The van der Waals surface area contributed by atoms with Crippen molar-refractivity contribution in [1.29, 1.82) is 0 Å². The van der Waals surface area contributed by atoms with Crippen molar-refractivity contribution in [3.63, 3.8) is 0 Å². The number of aromatic nitrogens is 2. The zero-order chi connectivity index (χ0) is 17.1. The number of carbonyl (C=O) groups is 1. The minimum Gasteiger partial charge on any atom is -0.326 e. The molecule has 0 saturated heterocycles. The molecule has 0 fully saturated rings. The zero-order valence-electron chi connectivity index (χ0n) is 12.3. The van der Waals surface area contributed by atoms with Gasteiger partial charge in [-0.3, -0.25) is 13.8 Å². The fourth-order valence-electron chi connectivity index (χ4n) is 1.72. The molecule has 1 unspecified atom stereocenters. The van der Waals surface area contributed by atoms with E-state index in [1.807, 2.05) is 0 Å². The van der Waals surface area contributed by atoms with Gasteiger partial charge in [0.15, 0.2) is 11.0 Å². The van der Waals surface area contributed by atoms with Crippen LogP contribution in [0.4, 0.5) is 9.39 Å². The van der Waals surface area contributed by atoms with Crippen LogP contribution in [0.15, 0.2) is 17.1 Å². The van der Waals surface area contributed by atoms with Crippen LogP contribution in [-0.2, 0) is 15.6 Å². The number of carbonyl (C=O) groups excluding carboxylic acids is 1. The Bertz CT molecular complexity index is 821. The number of rotatable bonds is 5. The summed E-state index contributed by atoms with van der Waals surface area (Å²) in [5.41, 5.74) is -0.466. The predicted molar refractivity (Wildman–Crippen MR) is 90.1 cm³/mol. The normalized spacial score (nSPS) is 12.2. The van der Waals surface area contributed by atoms with Gasteiger partial charge in [-0.05, 0) is 6.07 Å². The van der Waals surface area contributed by atoms with Crippen LogP contribution in [0, 0.1) is 5.82 Å². The van der Waals surface area contributed by atoms with E-state index in [0.717, 1.165) is 17.4 Å². The molecule has 0 saturated carbocycles. The molecule has 0 bridgehead atoms. The highest BCUT2D eigenvalue weighted by molar-refractivity contribution is 7.84. The number of H-pyrrole nitrogens is 1. The van der Waals surface area contributed by atoms with Crippen molar-refractivity contribution in [2.24, 2.45) is 0 Å². The molecule has 2 rings (SSSR count). The predicted octanol–water partition coefficient (Wildman–Crippen LogP) is 2.02. The smallest absolute Gasteiger partial charge is 0.283 e. The first-order chi connectivity index (χ1) is 10.8. The van der Waals surface area contributed by atoms with E-state index >= 15 is 0 Å². The van der Waals surface area contributed by atoms with Crippen LogP contribution in [0.5, 0.6) is 0 Å². The fraction of sp³-hybridized carbons (Fsp3) is 0.308. The minimum atomic E-state index is -1.06. The van der Waals surface area contributed by atoms with Crippen molar-refractivity contribution in [2.45, 2.75) is 6.42 Å². The van der Waals surface area contributed by atoms with E-state index in [1.54, 1.807) is 0 Å². The second-order valence-corrected chi connectivity index (χ2v) is 7.55. The molecule has 2 aromatic heterocycles. The van der Waals surface area contributed by atoms with Crippen LogP contribution in [0.1, 0.15) is 6.42 Å². The number of halogens is 2. The van der Waals surface area contributed by atoms with Crippen LogP contribution in [0.25, 0.3) is 10.6 Å². The second-order valence-electron chi connectivity index (χ2n) is 4.66. The number of nitrogens with zero attached hydrogens (tertiary/aromatic N) is 2. The first kappa shape index (κ1) is 17.8. The number of aromatic amines is 1. The Morgan fingerprint density at radius 3 is 2.87 bits per heavy atom. The van der Waals surface area contributed by atoms with Crippen molar-refractivity contribution in [3.05, 3.63) is 33.6 Å². The van der Waals surface area contributed by atoms with E-state index in [4.69, 9.17) is 11.6 Å². The summed E-state index contributed by atoms with van der Waals surface area (Å²) < 4.78 is 24.4. The molecule has 2 heterocycles. The maximum absolute atomic E-state index is 13.3. The summed E-state index contributed by atoms with van der Waals surface area (Å²) in [6.45, 7) is 0. The van der Waals surface area contributed by atoms with E-state index in [2.05, 4.69) is 9.97 Å². The summed E-state index contributed by atoms with van der Waals surface area (Å²) in [7, 11) is 0.477. The minimum absolute atomic E-state index is 0.102.